The number of aromatic nitrogens is 2. The van der Waals surface area contributed by atoms with E-state index in [4.69, 9.17) is 20.8 Å². The number of carbonyl (C=O) groups excluding carboxylic acids is 1. The van der Waals surface area contributed by atoms with E-state index in [0.29, 0.717) is 28.2 Å². The lowest BCUT2D eigenvalue weighted by Crippen LogP contribution is -2.16. The Kier molecular flexibility index (Phi) is 4.47. The maximum atomic E-state index is 12.2. The second-order valence-corrected chi connectivity index (χ2v) is 5.20. The number of halogens is 1. The number of aryl methyl sites for hydroxylation is 2. The van der Waals surface area contributed by atoms with Crippen LogP contribution in [0.5, 0.6) is 5.88 Å². The van der Waals surface area contributed by atoms with E-state index in [-0.39, 0.29) is 11.8 Å². The standard InChI is InChI=1S/C14H16ClN3O3/c1-7(2)20-14-11(5-10(15)6-16-14)18-13(19)12-8(3)21-9(4)17-12/h5-7H,1-4H3,(H,18,19). The highest BCUT2D eigenvalue weighted by Crippen LogP contribution is 2.26. The van der Waals surface area contributed by atoms with Crippen molar-refractivity contribution in [3.8, 4) is 5.88 Å². The van der Waals surface area contributed by atoms with Crippen molar-refractivity contribution in [1.82, 2.24) is 9.97 Å². The highest BCUT2D eigenvalue weighted by atomic mass is 35.5. The van der Waals surface area contributed by atoms with E-state index < -0.39 is 5.91 Å². The van der Waals surface area contributed by atoms with Crippen molar-refractivity contribution in [2.24, 2.45) is 0 Å². The Morgan fingerprint density at radius 1 is 1.43 bits per heavy atom. The molecular weight excluding hydrogens is 294 g/mol. The van der Waals surface area contributed by atoms with Crippen LogP contribution in [0.1, 0.15) is 36.0 Å². The molecule has 0 spiro atoms. The first-order chi connectivity index (χ1) is 9.86. The molecule has 2 heterocycles. The molecule has 2 rings (SSSR count). The van der Waals surface area contributed by atoms with Gasteiger partial charge in [-0.25, -0.2) is 9.97 Å². The molecule has 0 saturated carbocycles. The number of rotatable bonds is 4. The number of ether oxygens (including phenoxy) is 1. The molecule has 0 aromatic carbocycles. The molecule has 0 aliphatic heterocycles. The summed E-state index contributed by atoms with van der Waals surface area (Å²) in [4.78, 5) is 20.4. The molecule has 6 nitrogen and oxygen atoms in total. The van der Waals surface area contributed by atoms with Crippen molar-refractivity contribution in [2.45, 2.75) is 33.8 Å². The number of carbonyl (C=O) groups is 1. The molecule has 2 aromatic rings. The summed E-state index contributed by atoms with van der Waals surface area (Å²) < 4.78 is 10.8. The number of nitrogens with zero attached hydrogens (tertiary/aromatic N) is 2. The first-order valence-corrected chi connectivity index (χ1v) is 6.82. The van der Waals surface area contributed by atoms with E-state index in [2.05, 4.69) is 15.3 Å². The quantitative estimate of drug-likeness (QED) is 0.936. The van der Waals surface area contributed by atoms with Gasteiger partial charge in [-0.05, 0) is 26.8 Å². The number of pyridine rings is 1. The van der Waals surface area contributed by atoms with Crippen LogP contribution >= 0.6 is 11.6 Å². The number of hydrogen-bond donors (Lipinski definition) is 1. The first kappa shape index (κ1) is 15.3. The smallest absolute Gasteiger partial charge is 0.278 e. The minimum absolute atomic E-state index is 0.0784. The maximum absolute atomic E-state index is 12.2. The van der Waals surface area contributed by atoms with E-state index in [0.717, 1.165) is 0 Å². The lowest BCUT2D eigenvalue weighted by Gasteiger charge is -2.13. The number of oxazole rings is 1. The lowest BCUT2D eigenvalue weighted by atomic mass is 10.3. The van der Waals surface area contributed by atoms with Gasteiger partial charge in [-0.3, -0.25) is 4.79 Å². The summed E-state index contributed by atoms with van der Waals surface area (Å²) in [5.74, 6) is 0.787. The summed E-state index contributed by atoms with van der Waals surface area (Å²) in [7, 11) is 0. The Labute approximate surface area is 127 Å². The minimum Gasteiger partial charge on any atom is -0.473 e. The predicted molar refractivity (Wildman–Crippen MR) is 78.9 cm³/mol. The number of amides is 1. The number of nitrogens with one attached hydrogen (secondary N) is 1. The first-order valence-electron chi connectivity index (χ1n) is 6.44. The van der Waals surface area contributed by atoms with Crippen molar-refractivity contribution < 1.29 is 13.9 Å². The second kappa shape index (κ2) is 6.13. The average Bonchev–Trinajstić information content (AvgIpc) is 2.71. The van der Waals surface area contributed by atoms with Gasteiger partial charge in [-0.1, -0.05) is 11.6 Å². The summed E-state index contributed by atoms with van der Waals surface area (Å²) in [5, 5.41) is 3.09. The van der Waals surface area contributed by atoms with Crippen LogP contribution in [0.25, 0.3) is 0 Å². The third-order valence-electron chi connectivity index (χ3n) is 2.53. The zero-order valence-corrected chi connectivity index (χ0v) is 13.0. The van der Waals surface area contributed by atoms with Crippen molar-refractivity contribution in [2.75, 3.05) is 5.32 Å². The van der Waals surface area contributed by atoms with Crippen molar-refractivity contribution >= 4 is 23.2 Å². The second-order valence-electron chi connectivity index (χ2n) is 4.76. The molecule has 0 unspecified atom stereocenters. The van der Waals surface area contributed by atoms with Crippen molar-refractivity contribution in [1.29, 1.82) is 0 Å². The van der Waals surface area contributed by atoms with Gasteiger partial charge in [0.2, 0.25) is 5.88 Å². The molecule has 2 aromatic heterocycles. The van der Waals surface area contributed by atoms with Crippen LogP contribution in [0.3, 0.4) is 0 Å². The van der Waals surface area contributed by atoms with E-state index in [1.54, 1.807) is 19.9 Å². The zero-order chi connectivity index (χ0) is 15.6. The summed E-state index contributed by atoms with van der Waals surface area (Å²) >= 11 is 5.91. The molecule has 21 heavy (non-hydrogen) atoms. The molecule has 0 radical (unpaired) electrons. The molecule has 0 fully saturated rings. The van der Waals surface area contributed by atoms with Gasteiger partial charge in [-0.15, -0.1) is 0 Å². The lowest BCUT2D eigenvalue weighted by molar-refractivity contribution is 0.102. The molecule has 0 aliphatic rings. The molecule has 0 saturated heterocycles. The van der Waals surface area contributed by atoms with Crippen LogP contribution in [0.4, 0.5) is 5.69 Å². The summed E-state index contributed by atoms with van der Waals surface area (Å²) in [6.07, 6.45) is 1.38. The van der Waals surface area contributed by atoms with Crippen LogP contribution in [-0.4, -0.2) is 22.0 Å². The molecule has 1 amide bonds. The Bertz CT molecular complexity index is 667. The summed E-state index contributed by atoms with van der Waals surface area (Å²) in [6, 6.07) is 1.58. The van der Waals surface area contributed by atoms with Gasteiger partial charge in [0.1, 0.15) is 11.4 Å². The Hall–Kier alpha value is -2.08. The Morgan fingerprint density at radius 2 is 2.14 bits per heavy atom. The topological polar surface area (TPSA) is 77.2 Å². The minimum atomic E-state index is -0.401. The summed E-state index contributed by atoms with van der Waals surface area (Å²) in [6.45, 7) is 7.09. The zero-order valence-electron chi connectivity index (χ0n) is 12.2. The molecule has 0 aliphatic carbocycles. The largest absolute Gasteiger partial charge is 0.473 e. The summed E-state index contributed by atoms with van der Waals surface area (Å²) in [5.41, 5.74) is 0.615. The van der Waals surface area contributed by atoms with Crippen LogP contribution in [-0.2, 0) is 0 Å². The molecular formula is C14H16ClN3O3. The third-order valence-corrected chi connectivity index (χ3v) is 2.74. The van der Waals surface area contributed by atoms with Crippen LogP contribution in [0.2, 0.25) is 5.02 Å². The van der Waals surface area contributed by atoms with E-state index >= 15 is 0 Å². The van der Waals surface area contributed by atoms with Crippen molar-refractivity contribution in [3.05, 3.63) is 34.6 Å². The highest BCUT2D eigenvalue weighted by molar-refractivity contribution is 6.30. The van der Waals surface area contributed by atoms with E-state index in [9.17, 15) is 4.79 Å². The Morgan fingerprint density at radius 3 is 2.71 bits per heavy atom. The van der Waals surface area contributed by atoms with Gasteiger partial charge >= 0.3 is 0 Å². The number of hydrogen-bond acceptors (Lipinski definition) is 5. The van der Waals surface area contributed by atoms with Gasteiger partial charge < -0.3 is 14.5 Å². The highest BCUT2D eigenvalue weighted by Gasteiger charge is 2.18. The van der Waals surface area contributed by atoms with Gasteiger partial charge in [0.25, 0.3) is 5.91 Å². The third kappa shape index (κ3) is 3.72. The van der Waals surface area contributed by atoms with Gasteiger partial charge in [0, 0.05) is 13.1 Å². The molecule has 112 valence electrons. The fourth-order valence-electron chi connectivity index (χ4n) is 1.75. The molecule has 1 N–H and O–H groups in total. The van der Waals surface area contributed by atoms with E-state index in [1.807, 2.05) is 13.8 Å². The average molecular weight is 310 g/mol. The molecule has 0 bridgehead atoms. The Balaban J connectivity index is 2.28. The monoisotopic (exact) mass is 309 g/mol. The van der Waals surface area contributed by atoms with Gasteiger partial charge in [0.05, 0.1) is 11.1 Å². The normalized spacial score (nSPS) is 10.8. The van der Waals surface area contributed by atoms with Crippen LogP contribution < -0.4 is 10.1 Å². The van der Waals surface area contributed by atoms with E-state index in [1.165, 1.54) is 6.20 Å². The van der Waals surface area contributed by atoms with Crippen LogP contribution in [0.15, 0.2) is 16.7 Å². The maximum Gasteiger partial charge on any atom is 0.278 e. The molecule has 7 heteroatoms. The SMILES string of the molecule is Cc1nc(C(=O)Nc2cc(Cl)cnc2OC(C)C)c(C)o1. The van der Waals surface area contributed by atoms with Crippen LogP contribution in [0, 0.1) is 13.8 Å². The number of anilines is 1. The fraction of sp³-hybridized carbons (Fsp3) is 0.357. The van der Waals surface area contributed by atoms with Gasteiger partial charge in [0.15, 0.2) is 11.6 Å². The fourth-order valence-corrected chi connectivity index (χ4v) is 1.91. The predicted octanol–water partition coefficient (Wildman–Crippen LogP) is 3.38. The molecule has 0 atom stereocenters. The van der Waals surface area contributed by atoms with Crippen molar-refractivity contribution in [3.63, 3.8) is 0 Å². The van der Waals surface area contributed by atoms with Gasteiger partial charge in [-0.2, -0.15) is 0 Å².